The van der Waals surface area contributed by atoms with Crippen LogP contribution in [0.25, 0.3) is 0 Å². The van der Waals surface area contributed by atoms with Crippen molar-refractivity contribution in [1.82, 2.24) is 0 Å². The van der Waals surface area contributed by atoms with Gasteiger partial charge in [-0.25, -0.2) is 4.39 Å². The van der Waals surface area contributed by atoms with E-state index in [0.29, 0.717) is 5.69 Å². The van der Waals surface area contributed by atoms with Crippen LogP contribution < -0.4 is 5.32 Å². The zero-order chi connectivity index (χ0) is 11.7. The Hall–Kier alpha value is -0.510. The van der Waals surface area contributed by atoms with Gasteiger partial charge in [-0.1, -0.05) is 23.2 Å². The quantitative estimate of drug-likeness (QED) is 0.857. The molecule has 0 amide bonds. The molecule has 2 nitrogen and oxygen atoms in total. The van der Waals surface area contributed by atoms with Crippen molar-refractivity contribution >= 4 is 28.9 Å². The third-order valence-electron chi connectivity index (χ3n) is 2.82. The number of aliphatic hydroxyl groups is 1. The van der Waals surface area contributed by atoms with Crippen molar-refractivity contribution in [2.75, 3.05) is 5.32 Å². The van der Waals surface area contributed by atoms with Gasteiger partial charge in [0.15, 0.2) is 0 Å². The molecule has 2 unspecified atom stereocenters. The van der Waals surface area contributed by atoms with Gasteiger partial charge >= 0.3 is 0 Å². The fraction of sp³-hybridized carbons (Fsp3) is 0.455. The summed E-state index contributed by atoms with van der Waals surface area (Å²) in [6.07, 6.45) is 2.21. The van der Waals surface area contributed by atoms with Gasteiger partial charge in [0, 0.05) is 0 Å². The third kappa shape index (κ3) is 2.42. The Kier molecular flexibility index (Phi) is 3.57. The van der Waals surface area contributed by atoms with Crippen LogP contribution in [0, 0.1) is 5.82 Å². The molecule has 5 heteroatoms. The van der Waals surface area contributed by atoms with Crippen LogP contribution in [0.3, 0.4) is 0 Å². The molecule has 1 aliphatic rings. The molecule has 0 aliphatic heterocycles. The van der Waals surface area contributed by atoms with E-state index in [9.17, 15) is 9.50 Å². The van der Waals surface area contributed by atoms with Crippen LogP contribution in [0.2, 0.25) is 10.0 Å². The van der Waals surface area contributed by atoms with Gasteiger partial charge in [-0.3, -0.25) is 0 Å². The number of hydrogen-bond donors (Lipinski definition) is 2. The molecule has 16 heavy (non-hydrogen) atoms. The molecule has 0 saturated heterocycles. The Labute approximate surface area is 103 Å². The number of nitrogens with one attached hydrogen (secondary N) is 1. The molecule has 1 aromatic rings. The van der Waals surface area contributed by atoms with E-state index in [-0.39, 0.29) is 16.1 Å². The summed E-state index contributed by atoms with van der Waals surface area (Å²) in [4.78, 5) is 0. The van der Waals surface area contributed by atoms with Crippen molar-refractivity contribution < 1.29 is 9.50 Å². The first-order valence-electron chi connectivity index (χ1n) is 5.17. The van der Waals surface area contributed by atoms with E-state index in [0.717, 1.165) is 19.3 Å². The average molecular weight is 264 g/mol. The van der Waals surface area contributed by atoms with E-state index >= 15 is 0 Å². The first-order chi connectivity index (χ1) is 7.58. The van der Waals surface area contributed by atoms with Gasteiger partial charge in [0.25, 0.3) is 0 Å². The molecule has 0 spiro atoms. The molecule has 2 atom stereocenters. The number of halogens is 3. The fourth-order valence-corrected chi connectivity index (χ4v) is 2.54. The van der Waals surface area contributed by atoms with Crippen LogP contribution in [0.5, 0.6) is 0 Å². The highest BCUT2D eigenvalue weighted by molar-refractivity contribution is 6.39. The first kappa shape index (κ1) is 12.0. The van der Waals surface area contributed by atoms with Crippen molar-refractivity contribution in [2.45, 2.75) is 31.4 Å². The molecular formula is C11H12Cl2FNO. The van der Waals surface area contributed by atoms with Gasteiger partial charge < -0.3 is 10.4 Å². The maximum absolute atomic E-state index is 13.0. The Morgan fingerprint density at radius 1 is 1.25 bits per heavy atom. The van der Waals surface area contributed by atoms with Gasteiger partial charge in [-0.05, 0) is 31.4 Å². The lowest BCUT2D eigenvalue weighted by molar-refractivity contribution is 0.172. The SMILES string of the molecule is OC1CCCC1Nc1c(Cl)cc(F)cc1Cl. The average Bonchev–Trinajstić information content (AvgIpc) is 2.57. The Morgan fingerprint density at radius 3 is 2.38 bits per heavy atom. The van der Waals surface area contributed by atoms with Crippen molar-refractivity contribution in [1.29, 1.82) is 0 Å². The largest absolute Gasteiger partial charge is 0.391 e. The summed E-state index contributed by atoms with van der Waals surface area (Å²) >= 11 is 11.8. The highest BCUT2D eigenvalue weighted by Gasteiger charge is 2.26. The van der Waals surface area contributed by atoms with E-state index in [1.165, 1.54) is 12.1 Å². The predicted octanol–water partition coefficient (Wildman–Crippen LogP) is 3.46. The minimum atomic E-state index is -0.465. The molecule has 0 heterocycles. The molecule has 1 aliphatic carbocycles. The minimum Gasteiger partial charge on any atom is -0.391 e. The Balaban J connectivity index is 2.21. The summed E-state index contributed by atoms with van der Waals surface area (Å²) in [5.74, 6) is -0.465. The lowest BCUT2D eigenvalue weighted by atomic mass is 10.2. The molecule has 2 rings (SSSR count). The molecule has 1 aromatic carbocycles. The zero-order valence-corrected chi connectivity index (χ0v) is 10.0. The highest BCUT2D eigenvalue weighted by Crippen LogP contribution is 2.34. The van der Waals surface area contributed by atoms with E-state index in [1.54, 1.807) is 0 Å². The second-order valence-corrected chi connectivity index (χ2v) is 4.81. The topological polar surface area (TPSA) is 32.3 Å². The van der Waals surface area contributed by atoms with Crippen molar-refractivity contribution in [2.24, 2.45) is 0 Å². The molecule has 0 radical (unpaired) electrons. The van der Waals surface area contributed by atoms with Crippen molar-refractivity contribution in [3.63, 3.8) is 0 Å². The summed E-state index contributed by atoms with van der Waals surface area (Å²) in [7, 11) is 0. The van der Waals surface area contributed by atoms with Crippen molar-refractivity contribution in [3.8, 4) is 0 Å². The molecule has 0 bridgehead atoms. The summed E-state index contributed by atoms with van der Waals surface area (Å²) in [5.41, 5.74) is 0.496. The molecule has 2 N–H and O–H groups in total. The monoisotopic (exact) mass is 263 g/mol. The fourth-order valence-electron chi connectivity index (χ4n) is 1.97. The van der Waals surface area contributed by atoms with Crippen LogP contribution >= 0.6 is 23.2 Å². The first-order valence-corrected chi connectivity index (χ1v) is 5.92. The van der Waals surface area contributed by atoms with Crippen LogP contribution in [0.1, 0.15) is 19.3 Å². The number of aliphatic hydroxyl groups excluding tert-OH is 1. The molecule has 0 aromatic heterocycles. The van der Waals surface area contributed by atoms with Gasteiger partial charge in [0.05, 0.1) is 27.9 Å². The van der Waals surface area contributed by atoms with Crippen molar-refractivity contribution in [3.05, 3.63) is 28.0 Å². The number of anilines is 1. The van der Waals surface area contributed by atoms with Gasteiger partial charge in [0.1, 0.15) is 5.82 Å². The van der Waals surface area contributed by atoms with E-state index in [4.69, 9.17) is 23.2 Å². The Bertz CT molecular complexity index is 377. The van der Waals surface area contributed by atoms with Gasteiger partial charge in [-0.15, -0.1) is 0 Å². The number of rotatable bonds is 2. The Morgan fingerprint density at radius 2 is 1.88 bits per heavy atom. The third-order valence-corrected chi connectivity index (χ3v) is 3.41. The maximum Gasteiger partial charge on any atom is 0.126 e. The second-order valence-electron chi connectivity index (χ2n) is 3.99. The van der Waals surface area contributed by atoms with E-state index in [2.05, 4.69) is 5.32 Å². The number of benzene rings is 1. The van der Waals surface area contributed by atoms with Gasteiger partial charge in [-0.2, -0.15) is 0 Å². The molecule has 88 valence electrons. The van der Waals surface area contributed by atoms with Gasteiger partial charge in [0.2, 0.25) is 0 Å². The minimum absolute atomic E-state index is 0.0551. The predicted molar refractivity (Wildman–Crippen MR) is 63.7 cm³/mol. The normalized spacial score (nSPS) is 24.8. The summed E-state index contributed by atoms with van der Waals surface area (Å²) in [6.45, 7) is 0. The van der Waals surface area contributed by atoms with E-state index in [1.807, 2.05) is 0 Å². The lowest BCUT2D eigenvalue weighted by Gasteiger charge is -2.19. The maximum atomic E-state index is 13.0. The molecular weight excluding hydrogens is 252 g/mol. The number of hydrogen-bond acceptors (Lipinski definition) is 2. The zero-order valence-electron chi connectivity index (χ0n) is 8.51. The van der Waals surface area contributed by atoms with Crippen LogP contribution in [0.15, 0.2) is 12.1 Å². The summed E-state index contributed by atoms with van der Waals surface area (Å²) < 4.78 is 13.0. The molecule has 1 fully saturated rings. The standard InChI is InChI=1S/C11H12Cl2FNO/c12-7-4-6(14)5-8(13)11(7)15-9-2-1-3-10(9)16/h4-5,9-10,15-16H,1-3H2. The van der Waals surface area contributed by atoms with Crippen LogP contribution in [-0.2, 0) is 0 Å². The highest BCUT2D eigenvalue weighted by atomic mass is 35.5. The summed E-state index contributed by atoms with van der Waals surface area (Å²) in [6, 6.07) is 2.36. The molecule has 1 saturated carbocycles. The smallest absolute Gasteiger partial charge is 0.126 e. The van der Waals surface area contributed by atoms with Crippen LogP contribution in [0.4, 0.5) is 10.1 Å². The van der Waals surface area contributed by atoms with E-state index < -0.39 is 11.9 Å². The second kappa shape index (κ2) is 4.78. The van der Waals surface area contributed by atoms with Crippen LogP contribution in [-0.4, -0.2) is 17.3 Å². The summed E-state index contributed by atoms with van der Waals surface area (Å²) in [5, 5.41) is 13.2. The lowest BCUT2D eigenvalue weighted by Crippen LogP contribution is -2.28.